The molecule has 3 heterocycles. The van der Waals surface area contributed by atoms with E-state index in [1.165, 1.54) is 9.80 Å². The number of anilines is 1. The number of ether oxygens (including phenoxy) is 1. The average Bonchev–Trinajstić information content (AvgIpc) is 3.27. The zero-order valence-corrected chi connectivity index (χ0v) is 16.1. The predicted molar refractivity (Wildman–Crippen MR) is 103 cm³/mol. The van der Waals surface area contributed by atoms with Gasteiger partial charge < -0.3 is 24.5 Å². The van der Waals surface area contributed by atoms with Crippen LogP contribution < -0.4 is 9.64 Å². The molecule has 2 atom stereocenters. The number of rotatable bonds is 6. The van der Waals surface area contributed by atoms with Crippen molar-refractivity contribution < 1.29 is 19.4 Å². The van der Waals surface area contributed by atoms with Gasteiger partial charge in [0.25, 0.3) is 5.91 Å². The highest BCUT2D eigenvalue weighted by atomic mass is 16.5. The van der Waals surface area contributed by atoms with Crippen molar-refractivity contribution in [1.82, 2.24) is 14.7 Å². The lowest BCUT2D eigenvalue weighted by Crippen LogP contribution is -2.64. The van der Waals surface area contributed by atoms with Gasteiger partial charge in [0.15, 0.2) is 12.2 Å². The van der Waals surface area contributed by atoms with Gasteiger partial charge in [-0.3, -0.25) is 9.69 Å². The molecule has 0 aromatic heterocycles. The molecule has 4 rings (SSSR count). The summed E-state index contributed by atoms with van der Waals surface area (Å²) in [5, 5.41) is 9.08. The summed E-state index contributed by atoms with van der Waals surface area (Å²) in [6.07, 6.45) is -0.153. The first-order valence-electron chi connectivity index (χ1n) is 9.60. The van der Waals surface area contributed by atoms with Crippen molar-refractivity contribution in [3.8, 4) is 5.75 Å². The quantitative estimate of drug-likeness (QED) is 0.767. The number of urea groups is 1. The summed E-state index contributed by atoms with van der Waals surface area (Å²) in [5.41, 5.74) is 0.974. The Hall–Kier alpha value is -2.81. The van der Waals surface area contributed by atoms with Crippen molar-refractivity contribution in [2.45, 2.75) is 25.6 Å². The van der Waals surface area contributed by atoms with Gasteiger partial charge in [-0.05, 0) is 37.6 Å². The van der Waals surface area contributed by atoms with E-state index in [0.29, 0.717) is 19.6 Å². The van der Waals surface area contributed by atoms with Crippen LogP contribution in [0.1, 0.15) is 13.3 Å². The molecule has 1 aromatic carbocycles. The van der Waals surface area contributed by atoms with Crippen molar-refractivity contribution in [3.63, 3.8) is 0 Å². The van der Waals surface area contributed by atoms with Crippen LogP contribution in [0.3, 0.4) is 0 Å². The number of fused-ring (bicyclic) bond motifs is 3. The van der Waals surface area contributed by atoms with Crippen molar-refractivity contribution in [3.05, 3.63) is 24.3 Å². The summed E-state index contributed by atoms with van der Waals surface area (Å²) in [7, 11) is 1.67. The van der Waals surface area contributed by atoms with E-state index < -0.39 is 12.2 Å². The molecule has 3 aliphatic heterocycles. The van der Waals surface area contributed by atoms with E-state index in [9.17, 15) is 9.59 Å². The minimum Gasteiger partial charge on any atom is -0.494 e. The SMILES string of the molecule is CCOc1ccc(N2CCN3C2=NC2C3C(=O)N(CCCO)C(=O)N2C)cc1. The maximum absolute atomic E-state index is 13.0. The second-order valence-electron chi connectivity index (χ2n) is 7.02. The van der Waals surface area contributed by atoms with Gasteiger partial charge in [-0.25, -0.2) is 9.79 Å². The molecule has 9 nitrogen and oxygen atoms in total. The van der Waals surface area contributed by atoms with Gasteiger partial charge in [-0.2, -0.15) is 0 Å². The van der Waals surface area contributed by atoms with Crippen molar-refractivity contribution in [1.29, 1.82) is 0 Å². The molecule has 2 fully saturated rings. The van der Waals surface area contributed by atoms with Crippen LogP contribution >= 0.6 is 0 Å². The first kappa shape index (κ1) is 18.5. The van der Waals surface area contributed by atoms with E-state index in [2.05, 4.69) is 4.90 Å². The Bertz CT molecular complexity index is 796. The molecule has 28 heavy (non-hydrogen) atoms. The van der Waals surface area contributed by atoms with Gasteiger partial charge in [0.1, 0.15) is 5.75 Å². The predicted octanol–water partition coefficient (Wildman–Crippen LogP) is 0.548. The number of guanidine groups is 1. The van der Waals surface area contributed by atoms with Gasteiger partial charge in [-0.1, -0.05) is 0 Å². The van der Waals surface area contributed by atoms with Gasteiger partial charge in [0, 0.05) is 39.0 Å². The van der Waals surface area contributed by atoms with Crippen LogP contribution in [0.25, 0.3) is 0 Å². The largest absolute Gasteiger partial charge is 0.494 e. The molecule has 1 aromatic rings. The fourth-order valence-corrected chi connectivity index (χ4v) is 4.00. The van der Waals surface area contributed by atoms with Crippen molar-refractivity contribution in [2.24, 2.45) is 4.99 Å². The Morgan fingerprint density at radius 2 is 1.96 bits per heavy atom. The number of likely N-dealkylation sites (N-methyl/N-ethyl adjacent to an activating group) is 1. The number of amides is 3. The van der Waals surface area contributed by atoms with E-state index in [0.717, 1.165) is 23.9 Å². The first-order chi connectivity index (χ1) is 13.6. The van der Waals surface area contributed by atoms with Gasteiger partial charge in [0.05, 0.1) is 6.61 Å². The molecule has 150 valence electrons. The van der Waals surface area contributed by atoms with E-state index in [1.54, 1.807) is 7.05 Å². The molecule has 0 spiro atoms. The molecule has 0 bridgehead atoms. The number of nitrogens with zero attached hydrogens (tertiary/aromatic N) is 5. The van der Waals surface area contributed by atoms with Crippen LogP contribution in [0, 0.1) is 0 Å². The van der Waals surface area contributed by atoms with Gasteiger partial charge in [-0.15, -0.1) is 0 Å². The molecule has 0 radical (unpaired) electrons. The number of aliphatic imine (C=N–C) groups is 1. The van der Waals surface area contributed by atoms with Gasteiger partial charge in [0.2, 0.25) is 5.96 Å². The minimum absolute atomic E-state index is 0.0636. The molecule has 2 unspecified atom stereocenters. The summed E-state index contributed by atoms with van der Waals surface area (Å²) in [6.45, 7) is 4.09. The smallest absolute Gasteiger partial charge is 0.328 e. The van der Waals surface area contributed by atoms with Crippen LogP contribution in [-0.4, -0.2) is 89.8 Å². The van der Waals surface area contributed by atoms with E-state index >= 15 is 0 Å². The number of hydrogen-bond acceptors (Lipinski definition) is 7. The van der Waals surface area contributed by atoms with E-state index in [1.807, 2.05) is 36.1 Å². The van der Waals surface area contributed by atoms with Crippen LogP contribution in [0.5, 0.6) is 5.75 Å². The summed E-state index contributed by atoms with van der Waals surface area (Å²) in [5.74, 6) is 1.29. The number of hydrogen-bond donors (Lipinski definition) is 1. The van der Waals surface area contributed by atoms with Crippen molar-refractivity contribution in [2.75, 3.05) is 44.8 Å². The standard InChI is InChI=1S/C19H25N5O4/c1-3-28-14-7-5-13(6-8-14)22-10-11-23-15-16(20-18(22)23)21(2)19(27)24(17(15)26)9-4-12-25/h5-8,15-16,25H,3-4,9-12H2,1-2H3. The Balaban J connectivity index is 1.58. The number of aliphatic hydroxyl groups excluding tert-OH is 1. The number of carbonyl (C=O) groups is 2. The third-order valence-electron chi connectivity index (χ3n) is 5.38. The van der Waals surface area contributed by atoms with E-state index in [-0.39, 0.29) is 25.1 Å². The summed E-state index contributed by atoms with van der Waals surface area (Å²) in [4.78, 5) is 37.1. The fraction of sp³-hybridized carbons (Fsp3) is 0.526. The zero-order chi connectivity index (χ0) is 19.8. The Kier molecular flexibility index (Phi) is 4.84. The fourth-order valence-electron chi connectivity index (χ4n) is 4.00. The normalized spacial score (nSPS) is 23.9. The number of carbonyl (C=O) groups excluding carboxylic acids is 2. The second-order valence-corrected chi connectivity index (χ2v) is 7.02. The molecule has 1 N–H and O–H groups in total. The van der Waals surface area contributed by atoms with Crippen LogP contribution in [0.15, 0.2) is 29.3 Å². The highest BCUT2D eigenvalue weighted by Crippen LogP contribution is 2.33. The molecule has 0 aliphatic carbocycles. The van der Waals surface area contributed by atoms with Crippen molar-refractivity contribution >= 4 is 23.6 Å². The van der Waals surface area contributed by atoms with Crippen LogP contribution in [-0.2, 0) is 4.79 Å². The lowest BCUT2D eigenvalue weighted by atomic mass is 10.1. The number of aliphatic hydroxyl groups is 1. The summed E-state index contributed by atoms with van der Waals surface area (Å²) >= 11 is 0. The third kappa shape index (κ3) is 2.86. The lowest BCUT2D eigenvalue weighted by Gasteiger charge is -2.40. The third-order valence-corrected chi connectivity index (χ3v) is 5.38. The molecule has 3 amide bonds. The van der Waals surface area contributed by atoms with Gasteiger partial charge >= 0.3 is 6.03 Å². The maximum Gasteiger partial charge on any atom is 0.328 e. The monoisotopic (exact) mass is 387 g/mol. The molecule has 0 saturated carbocycles. The number of imide groups is 1. The molecule has 3 aliphatic rings. The molecular formula is C19H25N5O4. The average molecular weight is 387 g/mol. The second kappa shape index (κ2) is 7.31. The highest BCUT2D eigenvalue weighted by Gasteiger charge is 2.54. The van der Waals surface area contributed by atoms with Crippen LogP contribution in [0.4, 0.5) is 10.5 Å². The minimum atomic E-state index is -0.522. The Morgan fingerprint density at radius 3 is 2.64 bits per heavy atom. The lowest BCUT2D eigenvalue weighted by molar-refractivity contribution is -0.137. The highest BCUT2D eigenvalue weighted by molar-refractivity contribution is 6.07. The van der Waals surface area contributed by atoms with E-state index in [4.69, 9.17) is 14.8 Å². The molecule has 2 saturated heterocycles. The maximum atomic E-state index is 13.0. The summed E-state index contributed by atoms with van der Waals surface area (Å²) < 4.78 is 5.50. The molecular weight excluding hydrogens is 362 g/mol. The first-order valence-corrected chi connectivity index (χ1v) is 9.60. The Morgan fingerprint density at radius 1 is 1.21 bits per heavy atom. The molecule has 9 heteroatoms. The zero-order valence-electron chi connectivity index (χ0n) is 16.1. The topological polar surface area (TPSA) is 88.9 Å². The van der Waals surface area contributed by atoms with Crippen LogP contribution in [0.2, 0.25) is 0 Å². The number of benzene rings is 1. The summed E-state index contributed by atoms with van der Waals surface area (Å²) in [6, 6.07) is 6.91. The Labute approximate surface area is 163 Å².